The van der Waals surface area contributed by atoms with Gasteiger partial charge in [-0.1, -0.05) is 18.2 Å². The van der Waals surface area contributed by atoms with Gasteiger partial charge in [-0.25, -0.2) is 9.69 Å². The zero-order chi connectivity index (χ0) is 20.9. The molecule has 0 spiro atoms. The molecule has 0 aliphatic rings. The van der Waals surface area contributed by atoms with Crippen LogP contribution in [0, 0.1) is 6.92 Å². The van der Waals surface area contributed by atoms with Gasteiger partial charge in [-0.05, 0) is 48.2 Å². The van der Waals surface area contributed by atoms with E-state index in [4.69, 9.17) is 5.73 Å². The molecular formula is C22H20N4O3. The van der Waals surface area contributed by atoms with Crippen LogP contribution in [0.4, 0.5) is 11.4 Å². The van der Waals surface area contributed by atoms with Gasteiger partial charge in [-0.3, -0.25) is 18.7 Å². The predicted molar refractivity (Wildman–Crippen MR) is 114 cm³/mol. The Kier molecular flexibility index (Phi) is 4.23. The predicted octanol–water partition coefficient (Wildman–Crippen LogP) is 2.72. The summed E-state index contributed by atoms with van der Waals surface area (Å²) >= 11 is 0. The van der Waals surface area contributed by atoms with Crippen molar-refractivity contribution in [3.8, 4) is 0 Å². The van der Waals surface area contributed by atoms with Gasteiger partial charge in [-0.2, -0.15) is 0 Å². The number of imide groups is 1. The minimum Gasteiger partial charge on any atom is -0.398 e. The molecule has 0 unspecified atom stereocenters. The topological polar surface area (TPSA) is 90.3 Å². The van der Waals surface area contributed by atoms with Gasteiger partial charge in [0.2, 0.25) is 6.41 Å². The van der Waals surface area contributed by atoms with Crippen LogP contribution >= 0.6 is 0 Å². The van der Waals surface area contributed by atoms with Crippen LogP contribution in [0.3, 0.4) is 0 Å². The summed E-state index contributed by atoms with van der Waals surface area (Å²) in [6.45, 7) is 1.90. The van der Waals surface area contributed by atoms with Crippen LogP contribution in [-0.2, 0) is 18.9 Å². The number of anilines is 2. The summed E-state index contributed by atoms with van der Waals surface area (Å²) in [6.07, 6.45) is 0.491. The van der Waals surface area contributed by atoms with Crippen molar-refractivity contribution in [2.45, 2.75) is 6.92 Å². The van der Waals surface area contributed by atoms with Crippen LogP contribution in [-0.4, -0.2) is 21.5 Å². The molecule has 7 heteroatoms. The first-order chi connectivity index (χ1) is 13.8. The molecule has 0 radical (unpaired) electrons. The van der Waals surface area contributed by atoms with Crippen LogP contribution in [0.25, 0.3) is 21.8 Å². The molecule has 146 valence electrons. The number of aromatic nitrogens is 2. The molecule has 0 aliphatic carbocycles. The molecule has 4 aromatic rings. The molecule has 0 fully saturated rings. The lowest BCUT2D eigenvalue weighted by Gasteiger charge is -2.18. The minimum absolute atomic E-state index is 0.179. The summed E-state index contributed by atoms with van der Waals surface area (Å²) < 4.78 is 3.00. The Morgan fingerprint density at radius 1 is 1.03 bits per heavy atom. The number of nitrogen functional groups attached to an aromatic ring is 1. The highest BCUT2D eigenvalue weighted by Gasteiger charge is 2.22. The second kappa shape index (κ2) is 6.63. The lowest BCUT2D eigenvalue weighted by molar-refractivity contribution is -0.106. The molecule has 7 nitrogen and oxygen atoms in total. The van der Waals surface area contributed by atoms with E-state index in [2.05, 4.69) is 0 Å². The van der Waals surface area contributed by atoms with E-state index in [0.717, 1.165) is 21.2 Å². The molecule has 0 aliphatic heterocycles. The highest BCUT2D eigenvalue weighted by Crippen LogP contribution is 2.30. The Balaban J connectivity index is 1.89. The second-order valence-electron chi connectivity index (χ2n) is 7.05. The van der Waals surface area contributed by atoms with Gasteiger partial charge in [0.15, 0.2) is 0 Å². The fraction of sp³-hybridized carbons (Fsp3) is 0.136. The maximum absolute atomic E-state index is 13.3. The van der Waals surface area contributed by atoms with Crippen molar-refractivity contribution < 1.29 is 9.59 Å². The second-order valence-corrected chi connectivity index (χ2v) is 7.05. The van der Waals surface area contributed by atoms with E-state index >= 15 is 0 Å². The van der Waals surface area contributed by atoms with Gasteiger partial charge in [-0.15, -0.1) is 0 Å². The summed E-state index contributed by atoms with van der Waals surface area (Å²) in [6, 6.07) is 14.0. The first-order valence-corrected chi connectivity index (χ1v) is 9.07. The maximum Gasteiger partial charge on any atom is 0.328 e. The highest BCUT2D eigenvalue weighted by atomic mass is 16.2. The smallest absolute Gasteiger partial charge is 0.328 e. The highest BCUT2D eigenvalue weighted by molar-refractivity contribution is 6.22. The number of nitrogens with two attached hydrogens (primary N) is 1. The Morgan fingerprint density at radius 2 is 1.76 bits per heavy atom. The third-order valence-electron chi connectivity index (χ3n) is 5.37. The molecule has 2 amide bonds. The molecule has 29 heavy (non-hydrogen) atoms. The molecule has 3 aromatic carbocycles. The lowest BCUT2D eigenvalue weighted by atomic mass is 9.98. The number of hydrogen-bond acceptors (Lipinski definition) is 4. The fourth-order valence-corrected chi connectivity index (χ4v) is 3.79. The monoisotopic (exact) mass is 388 g/mol. The number of nitrogens with zero attached hydrogens (tertiary/aromatic N) is 3. The third kappa shape index (κ3) is 2.70. The average Bonchev–Trinajstić information content (AvgIpc) is 2.93. The number of carbonyl (C=O) groups excluding carboxylic acids is 2. The van der Waals surface area contributed by atoms with E-state index in [1.165, 1.54) is 9.13 Å². The van der Waals surface area contributed by atoms with E-state index in [1.54, 1.807) is 44.4 Å². The molecule has 1 aromatic heterocycles. The standard InChI is InChI=1S/C22H20N4O3/c1-13-5-4-6-15-17(23)9-8-16(20(13)15)21(28)26(12-27)14-7-10-18-19(11-14)25(3)22(29)24(18)2/h4-12H,23H2,1-3H3. The van der Waals surface area contributed by atoms with Gasteiger partial charge in [0.25, 0.3) is 5.91 Å². The Labute approximate surface area is 166 Å². The molecule has 2 N–H and O–H groups in total. The van der Waals surface area contributed by atoms with Gasteiger partial charge in [0.05, 0.1) is 16.7 Å². The summed E-state index contributed by atoms with van der Waals surface area (Å²) in [4.78, 5) is 38.5. The molecule has 1 heterocycles. The molecule has 0 bridgehead atoms. The summed E-state index contributed by atoms with van der Waals surface area (Å²) in [5.74, 6) is -0.459. The Hall–Kier alpha value is -3.87. The van der Waals surface area contributed by atoms with E-state index in [1.807, 2.05) is 25.1 Å². The van der Waals surface area contributed by atoms with E-state index in [9.17, 15) is 14.4 Å². The van der Waals surface area contributed by atoms with E-state index < -0.39 is 5.91 Å². The van der Waals surface area contributed by atoms with Gasteiger partial charge in [0, 0.05) is 30.7 Å². The van der Waals surface area contributed by atoms with Crippen molar-refractivity contribution in [1.82, 2.24) is 9.13 Å². The zero-order valence-electron chi connectivity index (χ0n) is 16.3. The number of carbonyl (C=O) groups is 2. The summed E-state index contributed by atoms with van der Waals surface area (Å²) in [5.41, 5.74) is 9.49. The number of imidazole rings is 1. The van der Waals surface area contributed by atoms with Crippen molar-refractivity contribution in [2.24, 2.45) is 14.1 Å². The maximum atomic E-state index is 13.3. The number of benzene rings is 3. The first-order valence-electron chi connectivity index (χ1n) is 9.07. The average molecular weight is 388 g/mol. The number of amides is 2. The SMILES string of the molecule is Cc1cccc2c(N)ccc(C(=O)N(C=O)c3ccc4c(c3)n(C)c(=O)n4C)c12. The normalized spacial score (nSPS) is 11.1. The number of rotatable bonds is 3. The van der Waals surface area contributed by atoms with E-state index in [0.29, 0.717) is 34.4 Å². The number of hydrogen-bond donors (Lipinski definition) is 1. The molecule has 0 saturated carbocycles. The molecular weight excluding hydrogens is 368 g/mol. The van der Waals surface area contributed by atoms with Gasteiger partial charge >= 0.3 is 5.69 Å². The minimum atomic E-state index is -0.459. The van der Waals surface area contributed by atoms with Crippen molar-refractivity contribution in [3.05, 3.63) is 70.1 Å². The quantitative estimate of drug-likeness (QED) is 0.432. The van der Waals surface area contributed by atoms with E-state index in [-0.39, 0.29) is 5.69 Å². The third-order valence-corrected chi connectivity index (χ3v) is 5.37. The van der Waals surface area contributed by atoms with Crippen molar-refractivity contribution in [1.29, 1.82) is 0 Å². The van der Waals surface area contributed by atoms with Gasteiger partial charge in [0.1, 0.15) is 0 Å². The van der Waals surface area contributed by atoms with Crippen LogP contribution in [0.5, 0.6) is 0 Å². The molecule has 0 atom stereocenters. The fourth-order valence-electron chi connectivity index (χ4n) is 3.79. The Morgan fingerprint density at radius 3 is 2.48 bits per heavy atom. The van der Waals surface area contributed by atoms with Crippen molar-refractivity contribution in [2.75, 3.05) is 10.6 Å². The van der Waals surface area contributed by atoms with Crippen molar-refractivity contribution in [3.63, 3.8) is 0 Å². The Bertz CT molecular complexity index is 1360. The van der Waals surface area contributed by atoms with Gasteiger partial charge < -0.3 is 5.73 Å². The largest absolute Gasteiger partial charge is 0.398 e. The van der Waals surface area contributed by atoms with Crippen molar-refractivity contribution >= 4 is 45.5 Å². The molecule has 0 saturated heterocycles. The summed E-state index contributed by atoms with van der Waals surface area (Å²) in [5, 5.41) is 1.49. The van der Waals surface area contributed by atoms with Crippen LogP contribution in [0.2, 0.25) is 0 Å². The summed E-state index contributed by atoms with van der Waals surface area (Å²) in [7, 11) is 3.33. The van der Waals surface area contributed by atoms with Crippen LogP contribution in [0.1, 0.15) is 15.9 Å². The number of aryl methyl sites for hydroxylation is 3. The molecule has 4 rings (SSSR count). The van der Waals surface area contributed by atoms with Crippen LogP contribution < -0.4 is 16.3 Å². The lowest BCUT2D eigenvalue weighted by Crippen LogP contribution is -2.29. The zero-order valence-corrected chi connectivity index (χ0v) is 16.3. The number of fused-ring (bicyclic) bond motifs is 2. The van der Waals surface area contributed by atoms with Crippen LogP contribution in [0.15, 0.2) is 53.3 Å². The first kappa shape index (κ1) is 18.5.